The SMILES string of the molecule is CCS(=O)(=O)CCC(NC(=O)C(C)(C)CCl)C(=O)O. The fourth-order valence-electron chi connectivity index (χ4n) is 1.11. The quantitative estimate of drug-likeness (QED) is 0.641. The van der Waals surface area contributed by atoms with E-state index in [0.29, 0.717) is 0 Å². The van der Waals surface area contributed by atoms with E-state index in [1.165, 1.54) is 6.92 Å². The molecular formula is C11H20ClNO5S. The number of carboxylic acids is 1. The molecule has 112 valence electrons. The summed E-state index contributed by atoms with van der Waals surface area (Å²) in [5, 5.41) is 11.3. The van der Waals surface area contributed by atoms with E-state index in [-0.39, 0.29) is 23.8 Å². The van der Waals surface area contributed by atoms with E-state index in [1.807, 2.05) is 0 Å². The van der Waals surface area contributed by atoms with Crippen molar-refractivity contribution in [3.63, 3.8) is 0 Å². The molecule has 1 unspecified atom stereocenters. The van der Waals surface area contributed by atoms with Gasteiger partial charge in [-0.15, -0.1) is 11.6 Å². The van der Waals surface area contributed by atoms with Gasteiger partial charge in [0.15, 0.2) is 0 Å². The zero-order valence-corrected chi connectivity index (χ0v) is 12.8. The number of carbonyl (C=O) groups excluding carboxylic acids is 1. The van der Waals surface area contributed by atoms with Crippen LogP contribution in [-0.4, -0.2) is 48.8 Å². The summed E-state index contributed by atoms with van der Waals surface area (Å²) in [6.07, 6.45) is -0.157. The van der Waals surface area contributed by atoms with Crippen LogP contribution >= 0.6 is 11.6 Å². The molecule has 0 heterocycles. The average Bonchev–Trinajstić information content (AvgIpc) is 2.33. The third kappa shape index (κ3) is 6.24. The minimum absolute atomic E-state index is 0.0401. The molecule has 0 fully saturated rings. The topological polar surface area (TPSA) is 101 Å². The summed E-state index contributed by atoms with van der Waals surface area (Å²) < 4.78 is 22.7. The van der Waals surface area contributed by atoms with Crippen LogP contribution in [0.2, 0.25) is 0 Å². The summed E-state index contributed by atoms with van der Waals surface area (Å²) in [4.78, 5) is 22.8. The molecule has 0 saturated carbocycles. The predicted octanol–water partition coefficient (Wildman–Crippen LogP) is 0.646. The molecule has 1 atom stereocenters. The smallest absolute Gasteiger partial charge is 0.326 e. The van der Waals surface area contributed by atoms with Crippen LogP contribution in [0.15, 0.2) is 0 Å². The van der Waals surface area contributed by atoms with Gasteiger partial charge in [0.2, 0.25) is 5.91 Å². The lowest BCUT2D eigenvalue weighted by molar-refractivity contribution is -0.143. The van der Waals surface area contributed by atoms with Crippen LogP contribution in [0.4, 0.5) is 0 Å². The van der Waals surface area contributed by atoms with Crippen LogP contribution in [0, 0.1) is 5.41 Å². The molecule has 0 aromatic rings. The van der Waals surface area contributed by atoms with E-state index >= 15 is 0 Å². The van der Waals surface area contributed by atoms with Crippen LogP contribution in [0.1, 0.15) is 27.2 Å². The zero-order chi connectivity index (χ0) is 15.3. The highest BCUT2D eigenvalue weighted by atomic mass is 35.5. The second-order valence-electron chi connectivity index (χ2n) is 4.91. The maximum absolute atomic E-state index is 11.8. The van der Waals surface area contributed by atoms with Gasteiger partial charge in [0.1, 0.15) is 15.9 Å². The van der Waals surface area contributed by atoms with Gasteiger partial charge in [-0.1, -0.05) is 6.92 Å². The van der Waals surface area contributed by atoms with E-state index < -0.39 is 33.2 Å². The van der Waals surface area contributed by atoms with Crippen LogP contribution in [0.25, 0.3) is 0 Å². The summed E-state index contributed by atoms with van der Waals surface area (Å²) in [7, 11) is -3.27. The average molecular weight is 314 g/mol. The van der Waals surface area contributed by atoms with Crippen LogP contribution < -0.4 is 5.32 Å². The normalized spacial score (nSPS) is 13.9. The van der Waals surface area contributed by atoms with Crippen molar-refractivity contribution in [1.82, 2.24) is 5.32 Å². The number of hydrogen-bond acceptors (Lipinski definition) is 4. The first-order chi connectivity index (χ1) is 8.55. The number of hydrogen-bond donors (Lipinski definition) is 2. The van der Waals surface area contributed by atoms with Gasteiger partial charge >= 0.3 is 5.97 Å². The van der Waals surface area contributed by atoms with E-state index in [0.717, 1.165) is 0 Å². The largest absolute Gasteiger partial charge is 0.480 e. The van der Waals surface area contributed by atoms with Gasteiger partial charge in [-0.3, -0.25) is 4.79 Å². The molecule has 19 heavy (non-hydrogen) atoms. The molecule has 0 aliphatic carbocycles. The maximum Gasteiger partial charge on any atom is 0.326 e. The van der Waals surface area contributed by atoms with Crippen molar-refractivity contribution >= 4 is 33.3 Å². The molecule has 0 aliphatic rings. The summed E-state index contributed by atoms with van der Waals surface area (Å²) in [6, 6.07) is -1.23. The number of nitrogens with one attached hydrogen (secondary N) is 1. The Balaban J connectivity index is 4.70. The van der Waals surface area contributed by atoms with Gasteiger partial charge in [0.05, 0.1) is 11.2 Å². The molecule has 0 aromatic carbocycles. The monoisotopic (exact) mass is 313 g/mol. The van der Waals surface area contributed by atoms with Crippen LogP contribution in [0.5, 0.6) is 0 Å². The van der Waals surface area contributed by atoms with Crippen molar-refractivity contribution in [3.8, 4) is 0 Å². The Bertz CT molecular complexity index is 432. The Kier molecular flexibility index (Phi) is 6.79. The molecule has 0 spiro atoms. The number of amides is 1. The fraction of sp³-hybridized carbons (Fsp3) is 0.818. The van der Waals surface area contributed by atoms with Gasteiger partial charge in [-0.05, 0) is 20.3 Å². The highest BCUT2D eigenvalue weighted by Crippen LogP contribution is 2.17. The summed E-state index contributed by atoms with van der Waals surface area (Å²) in [5.41, 5.74) is -0.904. The van der Waals surface area contributed by atoms with Gasteiger partial charge in [0.25, 0.3) is 0 Å². The first kappa shape index (κ1) is 18.2. The highest BCUT2D eigenvalue weighted by molar-refractivity contribution is 7.91. The Hall–Kier alpha value is -0.820. The van der Waals surface area contributed by atoms with E-state index in [4.69, 9.17) is 16.7 Å². The van der Waals surface area contributed by atoms with Gasteiger partial charge in [0, 0.05) is 11.6 Å². The van der Waals surface area contributed by atoms with Crippen molar-refractivity contribution in [2.24, 2.45) is 5.41 Å². The molecule has 0 radical (unpaired) electrons. The third-order valence-electron chi connectivity index (χ3n) is 2.71. The van der Waals surface area contributed by atoms with Crippen molar-refractivity contribution in [2.45, 2.75) is 33.2 Å². The Labute approximate surface area is 118 Å². The van der Waals surface area contributed by atoms with Crippen LogP contribution in [0.3, 0.4) is 0 Å². The lowest BCUT2D eigenvalue weighted by Gasteiger charge is -2.23. The lowest BCUT2D eigenvalue weighted by atomic mass is 9.94. The number of carbonyl (C=O) groups is 2. The van der Waals surface area contributed by atoms with Crippen molar-refractivity contribution < 1.29 is 23.1 Å². The first-order valence-corrected chi connectivity index (χ1v) is 8.21. The molecule has 0 aliphatic heterocycles. The molecule has 0 aromatic heterocycles. The third-order valence-corrected chi connectivity index (χ3v) is 5.12. The minimum Gasteiger partial charge on any atom is -0.480 e. The molecule has 8 heteroatoms. The van der Waals surface area contributed by atoms with E-state index in [9.17, 15) is 18.0 Å². The lowest BCUT2D eigenvalue weighted by Crippen LogP contribution is -2.47. The van der Waals surface area contributed by atoms with Crippen molar-refractivity contribution in [2.75, 3.05) is 17.4 Å². The minimum atomic E-state index is -3.27. The molecule has 2 N–H and O–H groups in total. The van der Waals surface area contributed by atoms with Gasteiger partial charge in [-0.2, -0.15) is 0 Å². The van der Waals surface area contributed by atoms with Crippen LogP contribution in [-0.2, 0) is 19.4 Å². The molecule has 0 saturated heterocycles. The Morgan fingerprint density at radius 1 is 1.37 bits per heavy atom. The Morgan fingerprint density at radius 2 is 1.89 bits per heavy atom. The van der Waals surface area contributed by atoms with Gasteiger partial charge in [-0.25, -0.2) is 13.2 Å². The molecule has 6 nitrogen and oxygen atoms in total. The number of alkyl halides is 1. The summed E-state index contributed by atoms with van der Waals surface area (Å²) >= 11 is 5.62. The van der Waals surface area contributed by atoms with Crippen molar-refractivity contribution in [1.29, 1.82) is 0 Å². The van der Waals surface area contributed by atoms with E-state index in [2.05, 4.69) is 5.32 Å². The second kappa shape index (κ2) is 7.09. The maximum atomic E-state index is 11.8. The Morgan fingerprint density at radius 3 is 2.26 bits per heavy atom. The highest BCUT2D eigenvalue weighted by Gasteiger charge is 2.31. The second-order valence-corrected chi connectivity index (χ2v) is 7.65. The van der Waals surface area contributed by atoms with Crippen molar-refractivity contribution in [3.05, 3.63) is 0 Å². The molecule has 0 bridgehead atoms. The number of halogens is 1. The fourth-order valence-corrected chi connectivity index (χ4v) is 2.12. The summed E-state index contributed by atoms with van der Waals surface area (Å²) in [6.45, 7) is 4.65. The molecular weight excluding hydrogens is 294 g/mol. The number of aliphatic carboxylic acids is 1. The van der Waals surface area contributed by atoms with Gasteiger partial charge < -0.3 is 10.4 Å². The number of carboxylic acid groups (broad SMARTS) is 1. The standard InChI is InChI=1S/C11H20ClNO5S/c1-4-19(17,18)6-5-8(9(14)15)13-10(16)11(2,3)7-12/h8H,4-7H2,1-3H3,(H,13,16)(H,14,15). The molecule has 0 rings (SSSR count). The zero-order valence-electron chi connectivity index (χ0n) is 11.3. The molecule has 1 amide bonds. The van der Waals surface area contributed by atoms with E-state index in [1.54, 1.807) is 13.8 Å². The first-order valence-electron chi connectivity index (χ1n) is 5.86. The number of sulfone groups is 1. The summed E-state index contributed by atoms with van der Waals surface area (Å²) in [5.74, 6) is -2.06. The predicted molar refractivity (Wildman–Crippen MR) is 73.0 cm³/mol. The number of rotatable bonds is 8.